The first kappa shape index (κ1) is 14.9. The molecule has 0 saturated carbocycles. The zero-order valence-corrected chi connectivity index (χ0v) is 12.4. The van der Waals surface area contributed by atoms with Crippen molar-refractivity contribution in [2.45, 2.75) is 32.7 Å². The van der Waals surface area contributed by atoms with Gasteiger partial charge in [0.2, 0.25) is 0 Å². The number of benzene rings is 1. The summed E-state index contributed by atoms with van der Waals surface area (Å²) in [5.74, 6) is -0.443. The highest BCUT2D eigenvalue weighted by Crippen LogP contribution is 2.31. The number of nitrogens with one attached hydrogen (secondary N) is 1. The van der Waals surface area contributed by atoms with Gasteiger partial charge in [0.05, 0.1) is 4.88 Å². The van der Waals surface area contributed by atoms with Gasteiger partial charge in [-0.25, -0.2) is 4.39 Å². The molecule has 0 bridgehead atoms. The lowest BCUT2D eigenvalue weighted by Gasteiger charge is -2.15. The van der Waals surface area contributed by atoms with E-state index in [9.17, 15) is 9.18 Å². The van der Waals surface area contributed by atoms with Crippen molar-refractivity contribution in [3.05, 3.63) is 34.5 Å². The summed E-state index contributed by atoms with van der Waals surface area (Å²) in [6.45, 7) is 3.85. The molecule has 1 amide bonds. The Kier molecular flexibility index (Phi) is 4.73. The number of thiophene rings is 1. The fraction of sp³-hybridized carbons (Fsp3) is 0.400. The number of aryl methyl sites for hydroxylation is 1. The first-order valence-corrected chi connectivity index (χ1v) is 7.48. The van der Waals surface area contributed by atoms with Crippen molar-refractivity contribution >= 4 is 27.3 Å². The third-order valence-electron chi connectivity index (χ3n) is 3.41. The van der Waals surface area contributed by atoms with Crippen molar-refractivity contribution in [2.24, 2.45) is 0 Å². The van der Waals surface area contributed by atoms with E-state index in [0.717, 1.165) is 22.1 Å². The molecule has 0 aliphatic carbocycles. The monoisotopic (exact) mass is 295 g/mol. The summed E-state index contributed by atoms with van der Waals surface area (Å²) in [5.41, 5.74) is 0.806. The molecule has 0 aliphatic rings. The summed E-state index contributed by atoms with van der Waals surface area (Å²) in [7, 11) is 0. The quantitative estimate of drug-likeness (QED) is 0.889. The maximum Gasteiger partial charge on any atom is 0.261 e. The third kappa shape index (κ3) is 2.99. The standard InChI is InChI=1S/C15H18FNO2S/c1-3-11(6-7-18)17-15(19)14-9(2)12-8-10(16)4-5-13(12)20-14/h4-5,8,11,18H,3,6-7H2,1-2H3,(H,17,19). The van der Waals surface area contributed by atoms with E-state index >= 15 is 0 Å². The van der Waals surface area contributed by atoms with Gasteiger partial charge >= 0.3 is 0 Å². The summed E-state index contributed by atoms with van der Waals surface area (Å²) in [4.78, 5) is 12.9. The number of fused-ring (bicyclic) bond motifs is 1. The smallest absolute Gasteiger partial charge is 0.261 e. The highest BCUT2D eigenvalue weighted by Gasteiger charge is 2.18. The number of aliphatic hydroxyl groups excluding tert-OH is 1. The van der Waals surface area contributed by atoms with Crippen molar-refractivity contribution in [2.75, 3.05) is 6.61 Å². The number of rotatable bonds is 5. The Labute approximate surface area is 121 Å². The van der Waals surface area contributed by atoms with E-state index in [2.05, 4.69) is 5.32 Å². The molecule has 0 spiro atoms. The highest BCUT2D eigenvalue weighted by molar-refractivity contribution is 7.21. The second kappa shape index (κ2) is 6.33. The predicted molar refractivity (Wildman–Crippen MR) is 79.8 cm³/mol. The number of carbonyl (C=O) groups excluding carboxylic acids is 1. The van der Waals surface area contributed by atoms with Crippen LogP contribution < -0.4 is 5.32 Å². The van der Waals surface area contributed by atoms with Crippen molar-refractivity contribution in [1.29, 1.82) is 0 Å². The van der Waals surface area contributed by atoms with Gasteiger partial charge in [-0.3, -0.25) is 4.79 Å². The molecule has 0 radical (unpaired) electrons. The molecular weight excluding hydrogens is 277 g/mol. The Bertz CT molecular complexity index is 624. The predicted octanol–water partition coefficient (Wildman–Crippen LogP) is 3.24. The summed E-state index contributed by atoms with van der Waals surface area (Å²) in [5, 5.41) is 12.7. The second-order valence-electron chi connectivity index (χ2n) is 4.79. The normalized spacial score (nSPS) is 12.6. The van der Waals surface area contributed by atoms with Gasteiger partial charge in [0.15, 0.2) is 0 Å². The van der Waals surface area contributed by atoms with Crippen LogP contribution in [0.1, 0.15) is 35.0 Å². The average Bonchev–Trinajstić information content (AvgIpc) is 2.75. The molecule has 0 aliphatic heterocycles. The molecule has 1 heterocycles. The van der Waals surface area contributed by atoms with Gasteiger partial charge in [0, 0.05) is 17.3 Å². The molecule has 0 saturated heterocycles. The maximum absolute atomic E-state index is 13.3. The van der Waals surface area contributed by atoms with E-state index in [4.69, 9.17) is 5.11 Å². The Morgan fingerprint density at radius 2 is 2.25 bits per heavy atom. The molecule has 108 valence electrons. The topological polar surface area (TPSA) is 49.3 Å². The minimum absolute atomic E-state index is 0.0335. The van der Waals surface area contributed by atoms with Crippen LogP contribution >= 0.6 is 11.3 Å². The Balaban J connectivity index is 2.28. The zero-order chi connectivity index (χ0) is 14.7. The summed E-state index contributed by atoms with van der Waals surface area (Å²) >= 11 is 1.37. The van der Waals surface area contributed by atoms with E-state index in [1.54, 1.807) is 6.07 Å². The molecule has 1 atom stereocenters. The van der Waals surface area contributed by atoms with E-state index in [1.807, 2.05) is 13.8 Å². The van der Waals surface area contributed by atoms with Gasteiger partial charge in [-0.2, -0.15) is 0 Å². The first-order chi connectivity index (χ1) is 9.56. The van der Waals surface area contributed by atoms with Crippen LogP contribution in [0.2, 0.25) is 0 Å². The minimum atomic E-state index is -0.294. The molecule has 5 heteroatoms. The Morgan fingerprint density at radius 3 is 2.90 bits per heavy atom. The van der Waals surface area contributed by atoms with Crippen molar-refractivity contribution in [1.82, 2.24) is 5.32 Å². The van der Waals surface area contributed by atoms with Gasteiger partial charge in [0.25, 0.3) is 5.91 Å². The van der Waals surface area contributed by atoms with Crippen LogP contribution in [-0.2, 0) is 0 Å². The number of halogens is 1. The van der Waals surface area contributed by atoms with Crippen molar-refractivity contribution in [3.8, 4) is 0 Å². The van der Waals surface area contributed by atoms with Crippen LogP contribution in [0.15, 0.2) is 18.2 Å². The Hall–Kier alpha value is -1.46. The molecule has 2 N–H and O–H groups in total. The largest absolute Gasteiger partial charge is 0.396 e. The highest BCUT2D eigenvalue weighted by atomic mass is 32.1. The zero-order valence-electron chi connectivity index (χ0n) is 11.6. The second-order valence-corrected chi connectivity index (χ2v) is 5.84. The lowest BCUT2D eigenvalue weighted by atomic mass is 10.1. The molecule has 2 rings (SSSR count). The molecule has 20 heavy (non-hydrogen) atoms. The van der Waals surface area contributed by atoms with E-state index in [1.165, 1.54) is 23.5 Å². The third-order valence-corrected chi connectivity index (χ3v) is 4.68. The minimum Gasteiger partial charge on any atom is -0.396 e. The van der Waals surface area contributed by atoms with Crippen LogP contribution in [-0.4, -0.2) is 23.7 Å². The summed E-state index contributed by atoms with van der Waals surface area (Å²) in [6.07, 6.45) is 1.31. The molecule has 1 unspecified atom stereocenters. The van der Waals surface area contributed by atoms with Gasteiger partial charge in [-0.15, -0.1) is 11.3 Å². The lowest BCUT2D eigenvalue weighted by Crippen LogP contribution is -2.34. The number of aliphatic hydroxyl groups is 1. The van der Waals surface area contributed by atoms with Gasteiger partial charge in [-0.1, -0.05) is 6.92 Å². The van der Waals surface area contributed by atoms with Crippen molar-refractivity contribution in [3.63, 3.8) is 0 Å². The number of carbonyl (C=O) groups is 1. The van der Waals surface area contributed by atoms with E-state index in [0.29, 0.717) is 11.3 Å². The van der Waals surface area contributed by atoms with Crippen LogP contribution in [0.25, 0.3) is 10.1 Å². The molecular formula is C15H18FNO2S. The van der Waals surface area contributed by atoms with Crippen LogP contribution in [0.4, 0.5) is 4.39 Å². The average molecular weight is 295 g/mol. The number of hydrogen-bond acceptors (Lipinski definition) is 3. The van der Waals surface area contributed by atoms with Crippen LogP contribution in [0, 0.1) is 12.7 Å². The van der Waals surface area contributed by atoms with E-state index in [-0.39, 0.29) is 24.4 Å². The van der Waals surface area contributed by atoms with Crippen molar-refractivity contribution < 1.29 is 14.3 Å². The fourth-order valence-electron chi connectivity index (χ4n) is 2.19. The molecule has 2 aromatic rings. The first-order valence-electron chi connectivity index (χ1n) is 6.67. The molecule has 3 nitrogen and oxygen atoms in total. The Morgan fingerprint density at radius 1 is 1.50 bits per heavy atom. The van der Waals surface area contributed by atoms with Crippen LogP contribution in [0.5, 0.6) is 0 Å². The maximum atomic E-state index is 13.3. The number of amides is 1. The molecule has 1 aromatic carbocycles. The van der Waals surface area contributed by atoms with Crippen LogP contribution in [0.3, 0.4) is 0 Å². The molecule has 1 aromatic heterocycles. The molecule has 0 fully saturated rings. The summed E-state index contributed by atoms with van der Waals surface area (Å²) in [6, 6.07) is 4.53. The SMILES string of the molecule is CCC(CCO)NC(=O)c1sc2ccc(F)cc2c1C. The fourth-order valence-corrected chi connectivity index (χ4v) is 3.29. The van der Waals surface area contributed by atoms with E-state index < -0.39 is 0 Å². The van der Waals surface area contributed by atoms with Gasteiger partial charge < -0.3 is 10.4 Å². The number of hydrogen-bond donors (Lipinski definition) is 2. The summed E-state index contributed by atoms with van der Waals surface area (Å²) < 4.78 is 14.2. The van der Waals surface area contributed by atoms with Gasteiger partial charge in [0.1, 0.15) is 5.82 Å². The lowest BCUT2D eigenvalue weighted by molar-refractivity contribution is 0.0933. The van der Waals surface area contributed by atoms with Gasteiger partial charge in [-0.05, 0) is 48.9 Å².